The number of nitrogens with two attached hydrogens (primary N) is 1. The minimum Gasteiger partial charge on any atom is -0.507 e. The number of aliphatic hydroxyl groups excluding tert-OH is 1. The zero-order chi connectivity index (χ0) is 25.8. The zero-order valence-electron chi connectivity index (χ0n) is 19.6. The summed E-state index contributed by atoms with van der Waals surface area (Å²) in [7, 11) is 3.64. The number of aromatic hydroxyl groups is 1. The van der Waals surface area contributed by atoms with E-state index >= 15 is 0 Å². The van der Waals surface area contributed by atoms with Gasteiger partial charge < -0.3 is 30.3 Å². The molecule has 2 aliphatic carbocycles. The molecule has 0 heterocycles. The van der Waals surface area contributed by atoms with Gasteiger partial charge in [0.05, 0.1) is 11.1 Å². The number of benzene rings is 2. The number of hydrogen-bond donors (Lipinski definition) is 3. The van der Waals surface area contributed by atoms with Crippen LogP contribution in [0.2, 0.25) is 0 Å². The third-order valence-electron chi connectivity index (χ3n) is 6.11. The molecule has 4 rings (SSSR count). The molecule has 2 aromatic rings. The average Bonchev–Trinajstić information content (AvgIpc) is 2.71. The number of rotatable bonds is 4. The second kappa shape index (κ2) is 8.46. The summed E-state index contributed by atoms with van der Waals surface area (Å²) in [6, 6.07) is 4.51. The smallest absolute Gasteiger partial charge is 0.308 e. The Balaban J connectivity index is 2.02. The molecule has 1 unspecified atom stereocenters. The van der Waals surface area contributed by atoms with Crippen LogP contribution in [0.5, 0.6) is 17.2 Å². The van der Waals surface area contributed by atoms with E-state index in [1.807, 2.05) is 19.0 Å². The summed E-state index contributed by atoms with van der Waals surface area (Å²) in [6.45, 7) is 2.23. The van der Waals surface area contributed by atoms with E-state index in [4.69, 9.17) is 15.2 Å². The number of fused-ring (bicyclic) bond motifs is 3. The van der Waals surface area contributed by atoms with Crippen LogP contribution in [0.15, 0.2) is 23.8 Å². The number of carbonyl (C=O) groups excluding carboxylic acids is 4. The lowest BCUT2D eigenvalue weighted by Crippen LogP contribution is -2.31. The number of phenols is 1. The molecular weight excluding hydrogens is 456 g/mol. The van der Waals surface area contributed by atoms with E-state index in [0.29, 0.717) is 17.5 Å². The third kappa shape index (κ3) is 3.86. The fraction of sp³-hybridized carbons (Fsp3) is 0.280. The average molecular weight is 480 g/mol. The van der Waals surface area contributed by atoms with Gasteiger partial charge in [0, 0.05) is 39.2 Å². The summed E-state index contributed by atoms with van der Waals surface area (Å²) >= 11 is 0. The highest BCUT2D eigenvalue weighted by atomic mass is 16.5. The molecule has 1 atom stereocenters. The van der Waals surface area contributed by atoms with Gasteiger partial charge >= 0.3 is 11.9 Å². The van der Waals surface area contributed by atoms with E-state index < -0.39 is 46.6 Å². The number of ether oxygens (including phenoxy) is 2. The van der Waals surface area contributed by atoms with Crippen molar-refractivity contribution < 1.29 is 38.9 Å². The first-order valence-electron chi connectivity index (χ1n) is 10.8. The predicted octanol–water partition coefficient (Wildman–Crippen LogP) is 2.29. The number of nitrogens with zero attached hydrogens (tertiary/aromatic N) is 1. The van der Waals surface area contributed by atoms with Gasteiger partial charge in [-0.15, -0.1) is 0 Å². The van der Waals surface area contributed by atoms with Gasteiger partial charge in [-0.2, -0.15) is 0 Å². The van der Waals surface area contributed by atoms with E-state index in [1.165, 1.54) is 12.1 Å². The number of hydrogen-bond acceptors (Lipinski definition) is 9. The molecule has 0 saturated carbocycles. The summed E-state index contributed by atoms with van der Waals surface area (Å²) in [5.41, 5.74) is 6.93. The first-order chi connectivity index (χ1) is 16.4. The maximum Gasteiger partial charge on any atom is 0.308 e. The molecule has 182 valence electrons. The lowest BCUT2D eigenvalue weighted by atomic mass is 9.70. The van der Waals surface area contributed by atoms with Crippen molar-refractivity contribution in [1.29, 1.82) is 0 Å². The third-order valence-corrected chi connectivity index (χ3v) is 6.11. The van der Waals surface area contributed by atoms with Crippen LogP contribution in [0.1, 0.15) is 51.3 Å². The quantitative estimate of drug-likeness (QED) is 0.441. The number of carbonyl (C=O) groups is 4. The van der Waals surface area contributed by atoms with Crippen molar-refractivity contribution in [3.63, 3.8) is 0 Å². The molecule has 4 N–H and O–H groups in total. The Morgan fingerprint density at radius 3 is 2.26 bits per heavy atom. The molecule has 0 saturated heterocycles. The molecule has 35 heavy (non-hydrogen) atoms. The van der Waals surface area contributed by atoms with E-state index in [-0.39, 0.29) is 34.6 Å². The second-order valence-corrected chi connectivity index (χ2v) is 8.71. The monoisotopic (exact) mass is 480 g/mol. The number of primary amides is 1. The van der Waals surface area contributed by atoms with Crippen LogP contribution in [0.3, 0.4) is 0 Å². The van der Waals surface area contributed by atoms with Crippen LogP contribution in [0.4, 0.5) is 5.69 Å². The van der Waals surface area contributed by atoms with Crippen molar-refractivity contribution >= 4 is 35.1 Å². The summed E-state index contributed by atoms with van der Waals surface area (Å²) in [6.07, 6.45) is 0.523. The summed E-state index contributed by atoms with van der Waals surface area (Å²) in [5, 5.41) is 21.8. The number of Topliss-reactive ketones (excluding diaryl/α,β-unsaturated/α-hetero) is 1. The molecule has 10 nitrogen and oxygen atoms in total. The zero-order valence-corrected chi connectivity index (χ0v) is 19.6. The Kier molecular flexibility index (Phi) is 5.75. The second-order valence-electron chi connectivity index (χ2n) is 8.71. The molecule has 1 amide bonds. The van der Waals surface area contributed by atoms with Crippen LogP contribution < -0.4 is 20.1 Å². The summed E-state index contributed by atoms with van der Waals surface area (Å²) in [4.78, 5) is 51.3. The fourth-order valence-electron chi connectivity index (χ4n) is 4.87. The van der Waals surface area contributed by atoms with Gasteiger partial charge in [-0.25, -0.2) is 0 Å². The molecule has 0 radical (unpaired) electrons. The van der Waals surface area contributed by atoms with Gasteiger partial charge in [0.25, 0.3) is 5.91 Å². The van der Waals surface area contributed by atoms with E-state index in [9.17, 15) is 29.4 Å². The SMILES string of the molecule is CC(=O)Oc1cc2c(c(OC(C)=O)c1C(N)=O)C(O)=C1C(=O)c3c(O)ccc(N(C)C)c3CC1C2. The molecule has 0 fully saturated rings. The van der Waals surface area contributed by atoms with E-state index in [2.05, 4.69) is 0 Å². The van der Waals surface area contributed by atoms with E-state index in [0.717, 1.165) is 19.5 Å². The first kappa shape index (κ1) is 23.8. The van der Waals surface area contributed by atoms with Crippen molar-refractivity contribution in [2.24, 2.45) is 11.7 Å². The van der Waals surface area contributed by atoms with Crippen molar-refractivity contribution in [3.05, 3.63) is 51.6 Å². The molecule has 2 aromatic carbocycles. The topological polar surface area (TPSA) is 156 Å². The number of aliphatic hydroxyl groups is 1. The Bertz CT molecular complexity index is 1360. The fourth-order valence-corrected chi connectivity index (χ4v) is 4.87. The van der Waals surface area contributed by atoms with Crippen LogP contribution in [-0.2, 0) is 22.4 Å². The minimum atomic E-state index is -1.06. The Labute approximate surface area is 200 Å². The molecule has 0 spiro atoms. The van der Waals surface area contributed by atoms with Gasteiger partial charge in [-0.05, 0) is 48.1 Å². The Morgan fingerprint density at radius 1 is 1.03 bits per heavy atom. The standard InChI is InChI=1S/C25H24N2O8/c1-10(28)34-17-9-13-7-12-8-14-15(27(3)4)5-6-16(30)20(14)23(32)18(12)22(31)19(13)24(35-11(2)29)21(17)25(26)33/h5-6,9,12,30-31H,7-8H2,1-4H3,(H2,26,33). The van der Waals surface area contributed by atoms with Crippen LogP contribution in [-0.4, -0.2) is 47.9 Å². The Morgan fingerprint density at radius 2 is 1.69 bits per heavy atom. The number of ketones is 1. The van der Waals surface area contributed by atoms with Gasteiger partial charge in [-0.3, -0.25) is 19.2 Å². The lowest BCUT2D eigenvalue weighted by Gasteiger charge is -2.34. The number of allylic oxidation sites excluding steroid dienone is 1. The van der Waals surface area contributed by atoms with Gasteiger partial charge in [-0.1, -0.05) is 0 Å². The molecule has 0 aliphatic heterocycles. The molecule has 0 bridgehead atoms. The predicted molar refractivity (Wildman–Crippen MR) is 125 cm³/mol. The highest BCUT2D eigenvalue weighted by Gasteiger charge is 2.42. The summed E-state index contributed by atoms with van der Waals surface area (Å²) in [5.74, 6) is -4.99. The van der Waals surface area contributed by atoms with Crippen molar-refractivity contribution in [1.82, 2.24) is 0 Å². The number of anilines is 1. The minimum absolute atomic E-state index is 0.0280. The normalized spacial score (nSPS) is 16.1. The number of amides is 1. The van der Waals surface area contributed by atoms with Gasteiger partial charge in [0.2, 0.25) is 0 Å². The van der Waals surface area contributed by atoms with Gasteiger partial charge in [0.1, 0.15) is 22.8 Å². The number of phenolic OH excluding ortho intramolecular Hbond substituents is 1. The molecule has 2 aliphatic rings. The van der Waals surface area contributed by atoms with Crippen molar-refractivity contribution in [2.45, 2.75) is 26.7 Å². The van der Waals surface area contributed by atoms with E-state index in [1.54, 1.807) is 6.07 Å². The Hall–Kier alpha value is -4.34. The largest absolute Gasteiger partial charge is 0.507 e. The molecule has 10 heteroatoms. The maximum atomic E-state index is 13.6. The van der Waals surface area contributed by atoms with Crippen molar-refractivity contribution in [3.8, 4) is 17.2 Å². The molecule has 0 aromatic heterocycles. The number of esters is 2. The lowest BCUT2D eigenvalue weighted by molar-refractivity contribution is -0.132. The van der Waals surface area contributed by atoms with Crippen LogP contribution in [0, 0.1) is 5.92 Å². The highest BCUT2D eigenvalue weighted by Crippen LogP contribution is 2.49. The van der Waals surface area contributed by atoms with Crippen LogP contribution >= 0.6 is 0 Å². The maximum absolute atomic E-state index is 13.6. The van der Waals surface area contributed by atoms with Crippen LogP contribution in [0.25, 0.3) is 5.76 Å². The van der Waals surface area contributed by atoms with Gasteiger partial charge in [0.15, 0.2) is 11.5 Å². The summed E-state index contributed by atoms with van der Waals surface area (Å²) < 4.78 is 10.4. The highest BCUT2D eigenvalue weighted by molar-refractivity contribution is 6.18. The first-order valence-corrected chi connectivity index (χ1v) is 10.8. The molecular formula is C25H24N2O8. The van der Waals surface area contributed by atoms with Crippen molar-refractivity contribution in [2.75, 3.05) is 19.0 Å².